The molecule has 0 bridgehead atoms. The molecule has 0 fully saturated rings. The van der Waals surface area contributed by atoms with Crippen LogP contribution in [0.3, 0.4) is 0 Å². The summed E-state index contributed by atoms with van der Waals surface area (Å²) in [7, 11) is -3.76. The molecule has 6 aromatic carbocycles. The second-order valence-corrected chi connectivity index (χ2v) is 14.3. The molecule has 2 aliphatic rings. The molecule has 0 atom stereocenters. The van der Waals surface area contributed by atoms with E-state index >= 15 is 0 Å². The number of nitrogens with zero attached hydrogens (tertiary/aromatic N) is 2. The van der Waals surface area contributed by atoms with Crippen molar-refractivity contribution in [3.8, 4) is 0 Å². The maximum Gasteiger partial charge on any atom is 0.207 e. The molecule has 6 aromatic rings. The van der Waals surface area contributed by atoms with Gasteiger partial charge in [0, 0.05) is 16.8 Å². The fourth-order valence-corrected chi connectivity index (χ4v) is 9.42. The van der Waals surface area contributed by atoms with E-state index in [1.165, 1.54) is 0 Å². The Morgan fingerprint density at radius 1 is 0.565 bits per heavy atom. The minimum Gasteiger partial charge on any atom is -0.310 e. The Hall–Kier alpha value is -5.44. The molecule has 0 spiro atoms. The van der Waals surface area contributed by atoms with Crippen molar-refractivity contribution in [2.75, 3.05) is 4.90 Å². The third kappa shape index (κ3) is 3.74. The highest BCUT2D eigenvalue weighted by Crippen LogP contribution is 2.57. The lowest BCUT2D eigenvalue weighted by atomic mass is 9.63. The largest absolute Gasteiger partial charge is 0.310 e. The van der Waals surface area contributed by atoms with Crippen molar-refractivity contribution in [3.05, 3.63) is 190 Å². The van der Waals surface area contributed by atoms with Gasteiger partial charge in [-0.15, -0.1) is 0 Å². The smallest absolute Gasteiger partial charge is 0.207 e. The van der Waals surface area contributed by atoms with Crippen LogP contribution in [0.2, 0.25) is 0 Å². The highest BCUT2D eigenvalue weighted by atomic mass is 32.2. The Balaban J connectivity index is 1.50. The van der Waals surface area contributed by atoms with Crippen LogP contribution in [0.4, 0.5) is 22.7 Å². The van der Waals surface area contributed by atoms with E-state index in [2.05, 4.69) is 72.1 Å². The van der Waals surface area contributed by atoms with Crippen LogP contribution in [-0.2, 0) is 20.7 Å². The first-order valence-electron chi connectivity index (χ1n) is 15.3. The predicted octanol–water partition coefficient (Wildman–Crippen LogP) is 9.88. The lowest BCUT2D eigenvalue weighted by Gasteiger charge is -2.45. The number of rotatable bonds is 3. The fraction of sp³-hybridized carbons (Fsp3) is 0.0976. The van der Waals surface area contributed by atoms with Crippen LogP contribution in [0.15, 0.2) is 155 Å². The SMILES string of the molecule is [C-]#[N+]c1ccc2c(c1)C(C)(C)c1cc(C3(c4ccccc4)c4ccccc4S(=O)(=O)c4ccccc43)ccc1N2c1ccccc1. The molecule has 46 heavy (non-hydrogen) atoms. The van der Waals surface area contributed by atoms with Crippen LogP contribution in [0.1, 0.15) is 47.2 Å². The Labute approximate surface area is 270 Å². The monoisotopic (exact) mass is 614 g/mol. The molecule has 0 saturated heterocycles. The van der Waals surface area contributed by atoms with Gasteiger partial charge in [0.15, 0.2) is 5.69 Å². The minimum absolute atomic E-state index is 0.326. The van der Waals surface area contributed by atoms with Crippen molar-refractivity contribution >= 4 is 32.6 Å². The predicted molar refractivity (Wildman–Crippen MR) is 183 cm³/mol. The highest BCUT2D eigenvalue weighted by Gasteiger charge is 2.49. The first kappa shape index (κ1) is 28.1. The van der Waals surface area contributed by atoms with Gasteiger partial charge in [-0.25, -0.2) is 13.3 Å². The average molecular weight is 615 g/mol. The Morgan fingerprint density at radius 3 is 1.70 bits per heavy atom. The van der Waals surface area contributed by atoms with Gasteiger partial charge in [-0.1, -0.05) is 123 Å². The van der Waals surface area contributed by atoms with Crippen LogP contribution in [-0.4, -0.2) is 8.42 Å². The van der Waals surface area contributed by atoms with Crippen molar-refractivity contribution in [3.63, 3.8) is 0 Å². The van der Waals surface area contributed by atoms with Crippen molar-refractivity contribution in [1.82, 2.24) is 0 Å². The summed E-state index contributed by atoms with van der Waals surface area (Å²) in [4.78, 5) is 6.70. The molecule has 0 radical (unpaired) electrons. The summed E-state index contributed by atoms with van der Waals surface area (Å²) < 4.78 is 28.3. The number of hydrogen-bond acceptors (Lipinski definition) is 3. The zero-order valence-corrected chi connectivity index (χ0v) is 26.3. The Kier molecular flexibility index (Phi) is 6.12. The van der Waals surface area contributed by atoms with E-state index < -0.39 is 20.7 Å². The maximum absolute atomic E-state index is 14.1. The van der Waals surface area contributed by atoms with Crippen molar-refractivity contribution in [2.24, 2.45) is 0 Å². The number of fused-ring (bicyclic) bond motifs is 4. The Morgan fingerprint density at radius 2 is 1.09 bits per heavy atom. The summed E-state index contributed by atoms with van der Waals surface area (Å²) in [5, 5.41) is 0. The summed E-state index contributed by atoms with van der Waals surface area (Å²) >= 11 is 0. The van der Waals surface area contributed by atoms with E-state index in [4.69, 9.17) is 6.57 Å². The lowest BCUT2D eigenvalue weighted by Crippen LogP contribution is -2.38. The van der Waals surface area contributed by atoms with E-state index in [9.17, 15) is 8.42 Å². The zero-order chi connectivity index (χ0) is 31.7. The van der Waals surface area contributed by atoms with Gasteiger partial charge < -0.3 is 4.90 Å². The molecule has 0 aromatic heterocycles. The number of para-hydroxylation sites is 1. The number of sulfone groups is 1. The van der Waals surface area contributed by atoms with Crippen molar-refractivity contribution in [1.29, 1.82) is 0 Å². The minimum atomic E-state index is -3.76. The molecule has 0 aliphatic carbocycles. The first-order chi connectivity index (χ1) is 22.3. The topological polar surface area (TPSA) is 41.7 Å². The number of hydrogen-bond donors (Lipinski definition) is 0. The van der Waals surface area contributed by atoms with Crippen LogP contribution in [0.5, 0.6) is 0 Å². The summed E-state index contributed by atoms with van der Waals surface area (Å²) in [6.45, 7) is 12.2. The van der Waals surface area contributed by atoms with Gasteiger partial charge in [0.05, 0.1) is 27.5 Å². The van der Waals surface area contributed by atoms with E-state index in [0.29, 0.717) is 15.5 Å². The van der Waals surface area contributed by atoms with Gasteiger partial charge in [-0.05, 0) is 69.8 Å². The molecule has 0 amide bonds. The molecular weight excluding hydrogens is 585 g/mol. The molecule has 2 heterocycles. The molecule has 0 unspecified atom stereocenters. The maximum atomic E-state index is 14.1. The summed E-state index contributed by atoms with van der Waals surface area (Å²) in [6, 6.07) is 48.0. The second-order valence-electron chi connectivity index (χ2n) is 12.5. The molecular formula is C41H30N2O2S. The van der Waals surface area contributed by atoms with Gasteiger partial charge in [0.25, 0.3) is 0 Å². The summed E-state index contributed by atoms with van der Waals surface area (Å²) in [5.74, 6) is 0. The summed E-state index contributed by atoms with van der Waals surface area (Å²) in [6.07, 6.45) is 0. The quantitative estimate of drug-likeness (QED) is 0.186. The molecule has 2 aliphatic heterocycles. The molecule has 5 heteroatoms. The Bertz CT molecular complexity index is 2270. The molecule has 0 saturated carbocycles. The van der Waals surface area contributed by atoms with Gasteiger partial charge >= 0.3 is 0 Å². The van der Waals surface area contributed by atoms with Gasteiger partial charge in [-0.2, -0.15) is 0 Å². The van der Waals surface area contributed by atoms with E-state index in [-0.39, 0.29) is 0 Å². The summed E-state index contributed by atoms with van der Waals surface area (Å²) in [5.41, 5.74) is 7.97. The average Bonchev–Trinajstić information content (AvgIpc) is 3.10. The molecule has 0 N–H and O–H groups in total. The van der Waals surface area contributed by atoms with E-state index in [1.54, 1.807) is 24.3 Å². The standard InChI is InChI=1S/C41H30N2O2S/c1-40(2)34-26-29(22-24-36(34)43(31-16-8-5-9-17-31)37-25-23-30(42-3)27-35(37)40)41(28-14-6-4-7-15-28)32-18-10-12-20-38(32)46(44,45)39-21-13-11-19-33(39)41/h4-27H,1-2H3. The van der Waals surface area contributed by atoms with E-state index in [0.717, 1.165) is 50.4 Å². The van der Waals surface area contributed by atoms with Gasteiger partial charge in [0.2, 0.25) is 9.84 Å². The molecule has 8 rings (SSSR count). The third-order valence-electron chi connectivity index (χ3n) is 9.75. The van der Waals surface area contributed by atoms with Crippen LogP contribution in [0, 0.1) is 6.57 Å². The first-order valence-corrected chi connectivity index (χ1v) is 16.8. The normalized spacial score (nSPS) is 16.2. The second kappa shape index (κ2) is 10.0. The molecule has 4 nitrogen and oxygen atoms in total. The number of anilines is 3. The third-order valence-corrected chi connectivity index (χ3v) is 11.6. The molecule has 222 valence electrons. The van der Waals surface area contributed by atoms with Crippen molar-refractivity contribution < 1.29 is 8.42 Å². The van der Waals surface area contributed by atoms with Gasteiger partial charge in [-0.3, -0.25) is 0 Å². The highest BCUT2D eigenvalue weighted by molar-refractivity contribution is 7.91. The van der Waals surface area contributed by atoms with Crippen molar-refractivity contribution in [2.45, 2.75) is 34.5 Å². The zero-order valence-electron chi connectivity index (χ0n) is 25.5. The van der Waals surface area contributed by atoms with Gasteiger partial charge in [0.1, 0.15) is 0 Å². The number of benzene rings is 6. The van der Waals surface area contributed by atoms with E-state index in [1.807, 2.05) is 72.8 Å². The fourth-order valence-electron chi connectivity index (χ4n) is 7.65. The van der Waals surface area contributed by atoms with Crippen LogP contribution in [0.25, 0.3) is 4.85 Å². The van der Waals surface area contributed by atoms with Crippen LogP contribution >= 0.6 is 0 Å². The van der Waals surface area contributed by atoms with Crippen LogP contribution < -0.4 is 4.90 Å². The lowest BCUT2D eigenvalue weighted by molar-refractivity contribution is 0.577.